The van der Waals surface area contributed by atoms with E-state index in [2.05, 4.69) is 9.97 Å². The van der Waals surface area contributed by atoms with Gasteiger partial charge in [-0.25, -0.2) is 9.97 Å². The first-order valence-electron chi connectivity index (χ1n) is 5.36. The molecule has 0 saturated carbocycles. The van der Waals surface area contributed by atoms with Gasteiger partial charge in [-0.15, -0.1) is 11.3 Å². The molecule has 2 N–H and O–H groups in total. The standard InChI is InChI=1S/C12H15N3OS/c1-8-15-9(7-17-8)6-11(13)10-4-3-5-14-12(10)16-2/h3-5,7,11H,6,13H2,1-2H3. The van der Waals surface area contributed by atoms with Crippen LogP contribution in [0.2, 0.25) is 0 Å². The van der Waals surface area contributed by atoms with E-state index < -0.39 is 0 Å². The first kappa shape index (κ1) is 12.0. The van der Waals surface area contributed by atoms with Crippen LogP contribution in [0.1, 0.15) is 22.3 Å². The minimum absolute atomic E-state index is 0.139. The van der Waals surface area contributed by atoms with E-state index in [0.29, 0.717) is 12.3 Å². The van der Waals surface area contributed by atoms with Crippen LogP contribution < -0.4 is 10.5 Å². The third-order valence-corrected chi connectivity index (χ3v) is 3.31. The minimum atomic E-state index is -0.139. The van der Waals surface area contributed by atoms with Gasteiger partial charge in [0.25, 0.3) is 0 Å². The maximum atomic E-state index is 6.16. The number of ether oxygens (including phenoxy) is 1. The summed E-state index contributed by atoms with van der Waals surface area (Å²) in [5.41, 5.74) is 8.09. The van der Waals surface area contributed by atoms with Gasteiger partial charge < -0.3 is 10.5 Å². The highest BCUT2D eigenvalue weighted by Gasteiger charge is 2.14. The van der Waals surface area contributed by atoms with E-state index in [4.69, 9.17) is 10.5 Å². The lowest BCUT2D eigenvalue weighted by molar-refractivity contribution is 0.388. The zero-order chi connectivity index (χ0) is 12.3. The summed E-state index contributed by atoms with van der Waals surface area (Å²) in [6, 6.07) is 3.67. The number of nitrogens with two attached hydrogens (primary N) is 1. The summed E-state index contributed by atoms with van der Waals surface area (Å²) in [5.74, 6) is 0.590. The molecule has 0 aliphatic rings. The van der Waals surface area contributed by atoms with Gasteiger partial charge in [0.1, 0.15) is 0 Å². The van der Waals surface area contributed by atoms with Crippen molar-refractivity contribution >= 4 is 11.3 Å². The molecule has 0 aromatic carbocycles. The number of aryl methyl sites for hydroxylation is 1. The first-order valence-corrected chi connectivity index (χ1v) is 6.24. The molecular formula is C12H15N3OS. The molecule has 2 aromatic heterocycles. The first-order chi connectivity index (χ1) is 8.20. The lowest BCUT2D eigenvalue weighted by atomic mass is 10.0. The molecule has 90 valence electrons. The number of rotatable bonds is 4. The molecule has 0 amide bonds. The van der Waals surface area contributed by atoms with Gasteiger partial charge >= 0.3 is 0 Å². The molecule has 17 heavy (non-hydrogen) atoms. The summed E-state index contributed by atoms with van der Waals surface area (Å²) in [7, 11) is 1.60. The average molecular weight is 249 g/mol. The third-order valence-electron chi connectivity index (χ3n) is 2.49. The summed E-state index contributed by atoms with van der Waals surface area (Å²) in [4.78, 5) is 8.55. The fourth-order valence-corrected chi connectivity index (χ4v) is 2.32. The Bertz CT molecular complexity index is 498. The molecular weight excluding hydrogens is 234 g/mol. The highest BCUT2D eigenvalue weighted by Crippen LogP contribution is 2.23. The van der Waals surface area contributed by atoms with Crippen molar-refractivity contribution in [1.82, 2.24) is 9.97 Å². The van der Waals surface area contributed by atoms with Crippen molar-refractivity contribution in [3.8, 4) is 5.88 Å². The second-order valence-electron chi connectivity index (χ2n) is 3.77. The molecule has 0 radical (unpaired) electrons. The fourth-order valence-electron chi connectivity index (χ4n) is 1.69. The van der Waals surface area contributed by atoms with Crippen LogP contribution in [0.4, 0.5) is 0 Å². The van der Waals surface area contributed by atoms with Crippen LogP contribution in [0.3, 0.4) is 0 Å². The number of hydrogen-bond donors (Lipinski definition) is 1. The number of thiazole rings is 1. The molecule has 5 heteroatoms. The molecule has 0 aliphatic heterocycles. The zero-order valence-corrected chi connectivity index (χ0v) is 10.7. The van der Waals surface area contributed by atoms with E-state index in [9.17, 15) is 0 Å². The van der Waals surface area contributed by atoms with E-state index in [-0.39, 0.29) is 6.04 Å². The lowest BCUT2D eigenvalue weighted by Crippen LogP contribution is -2.15. The number of hydrogen-bond acceptors (Lipinski definition) is 5. The van der Waals surface area contributed by atoms with Gasteiger partial charge in [-0.3, -0.25) is 0 Å². The van der Waals surface area contributed by atoms with E-state index in [1.807, 2.05) is 24.4 Å². The summed E-state index contributed by atoms with van der Waals surface area (Å²) in [6.45, 7) is 1.99. The third kappa shape index (κ3) is 2.81. The number of pyridine rings is 1. The molecule has 2 heterocycles. The van der Waals surface area contributed by atoms with Crippen molar-refractivity contribution in [2.45, 2.75) is 19.4 Å². The molecule has 0 fully saturated rings. The Morgan fingerprint density at radius 1 is 1.53 bits per heavy atom. The molecule has 4 nitrogen and oxygen atoms in total. The van der Waals surface area contributed by atoms with Gasteiger partial charge in [0.05, 0.1) is 17.8 Å². The molecule has 0 bridgehead atoms. The predicted molar refractivity (Wildman–Crippen MR) is 68.3 cm³/mol. The Morgan fingerprint density at radius 2 is 2.35 bits per heavy atom. The summed E-state index contributed by atoms with van der Waals surface area (Å²) in [5, 5.41) is 3.10. The average Bonchev–Trinajstić information content (AvgIpc) is 2.74. The highest BCUT2D eigenvalue weighted by atomic mass is 32.1. The van der Waals surface area contributed by atoms with Gasteiger partial charge in [-0.1, -0.05) is 6.07 Å². The smallest absolute Gasteiger partial charge is 0.217 e. The summed E-state index contributed by atoms with van der Waals surface area (Å²) >= 11 is 1.64. The van der Waals surface area contributed by atoms with Gasteiger partial charge in [0, 0.05) is 29.6 Å². The van der Waals surface area contributed by atoms with E-state index in [1.54, 1.807) is 24.6 Å². The van der Waals surface area contributed by atoms with Crippen LogP contribution in [-0.4, -0.2) is 17.1 Å². The Kier molecular flexibility index (Phi) is 3.71. The van der Waals surface area contributed by atoms with Crippen molar-refractivity contribution in [1.29, 1.82) is 0 Å². The van der Waals surface area contributed by atoms with Crippen LogP contribution in [0, 0.1) is 6.92 Å². The Balaban J connectivity index is 2.16. The second kappa shape index (κ2) is 5.25. The van der Waals surface area contributed by atoms with Crippen LogP contribution in [-0.2, 0) is 6.42 Å². The monoisotopic (exact) mass is 249 g/mol. The van der Waals surface area contributed by atoms with E-state index in [0.717, 1.165) is 16.3 Å². The summed E-state index contributed by atoms with van der Waals surface area (Å²) < 4.78 is 5.20. The molecule has 1 unspecified atom stereocenters. The van der Waals surface area contributed by atoms with Crippen molar-refractivity contribution in [2.75, 3.05) is 7.11 Å². The van der Waals surface area contributed by atoms with Gasteiger partial charge in [0.2, 0.25) is 5.88 Å². The topological polar surface area (TPSA) is 61.0 Å². The fraction of sp³-hybridized carbons (Fsp3) is 0.333. The van der Waals surface area contributed by atoms with Crippen molar-refractivity contribution in [2.24, 2.45) is 5.73 Å². The van der Waals surface area contributed by atoms with Gasteiger partial charge in [-0.2, -0.15) is 0 Å². The van der Waals surface area contributed by atoms with Crippen LogP contribution in [0.15, 0.2) is 23.7 Å². The van der Waals surface area contributed by atoms with Crippen LogP contribution >= 0.6 is 11.3 Å². The maximum Gasteiger partial charge on any atom is 0.217 e. The van der Waals surface area contributed by atoms with Crippen molar-refractivity contribution in [3.63, 3.8) is 0 Å². The van der Waals surface area contributed by atoms with Gasteiger partial charge in [0.15, 0.2) is 0 Å². The highest BCUT2D eigenvalue weighted by molar-refractivity contribution is 7.09. The van der Waals surface area contributed by atoms with E-state index >= 15 is 0 Å². The van der Waals surface area contributed by atoms with Crippen LogP contribution in [0.25, 0.3) is 0 Å². The Labute approximate surface area is 104 Å². The van der Waals surface area contributed by atoms with Gasteiger partial charge in [-0.05, 0) is 13.0 Å². The Hall–Kier alpha value is -1.46. The quantitative estimate of drug-likeness (QED) is 0.901. The zero-order valence-electron chi connectivity index (χ0n) is 9.88. The maximum absolute atomic E-state index is 6.16. The van der Waals surface area contributed by atoms with E-state index in [1.165, 1.54) is 0 Å². The largest absolute Gasteiger partial charge is 0.481 e. The molecule has 0 spiro atoms. The Morgan fingerprint density at radius 3 is 3.00 bits per heavy atom. The number of nitrogens with zero attached hydrogens (tertiary/aromatic N) is 2. The number of methoxy groups -OCH3 is 1. The molecule has 2 aromatic rings. The molecule has 1 atom stereocenters. The molecule has 2 rings (SSSR count). The number of aromatic nitrogens is 2. The molecule has 0 aliphatic carbocycles. The van der Waals surface area contributed by atoms with Crippen molar-refractivity contribution < 1.29 is 4.74 Å². The summed E-state index contributed by atoms with van der Waals surface area (Å²) in [6.07, 6.45) is 2.40. The van der Waals surface area contributed by atoms with Crippen molar-refractivity contribution in [3.05, 3.63) is 40.0 Å². The normalized spacial score (nSPS) is 12.4. The predicted octanol–water partition coefficient (Wildman–Crippen LogP) is 2.10. The van der Waals surface area contributed by atoms with Crippen LogP contribution in [0.5, 0.6) is 5.88 Å². The second-order valence-corrected chi connectivity index (χ2v) is 4.83. The SMILES string of the molecule is COc1ncccc1C(N)Cc1csc(C)n1. The minimum Gasteiger partial charge on any atom is -0.481 e. The molecule has 0 saturated heterocycles. The lowest BCUT2D eigenvalue weighted by Gasteiger charge is -2.13.